The van der Waals surface area contributed by atoms with Gasteiger partial charge in [-0.05, 0) is 30.7 Å². The number of benzene rings is 1. The van der Waals surface area contributed by atoms with Crippen LogP contribution in [0.5, 0.6) is 11.5 Å². The lowest BCUT2D eigenvalue weighted by molar-refractivity contribution is -0.116. The van der Waals surface area contributed by atoms with Crippen molar-refractivity contribution in [1.29, 1.82) is 5.26 Å². The molecule has 6 heteroatoms. The molecule has 0 heterocycles. The Hall–Kier alpha value is -2.52. The van der Waals surface area contributed by atoms with Gasteiger partial charge in [-0.3, -0.25) is 10.2 Å². The molecule has 1 rings (SSSR count). The minimum absolute atomic E-state index is 0.0508. The van der Waals surface area contributed by atoms with Crippen molar-refractivity contribution in [2.75, 3.05) is 13.2 Å². The fraction of sp³-hybridized carbons (Fsp3) is 0.231. The number of nitrogens with one attached hydrogen (secondary N) is 1. The van der Waals surface area contributed by atoms with Crippen molar-refractivity contribution >= 4 is 12.0 Å². The molecule has 0 fully saturated rings. The van der Waals surface area contributed by atoms with Crippen molar-refractivity contribution in [3.05, 3.63) is 29.8 Å². The second-order valence-corrected chi connectivity index (χ2v) is 3.43. The fourth-order valence-corrected chi connectivity index (χ4v) is 1.35. The number of nitrogens with two attached hydrogens (primary N) is 1. The van der Waals surface area contributed by atoms with Crippen LogP contribution in [0.15, 0.2) is 24.3 Å². The van der Waals surface area contributed by atoms with Crippen LogP contribution in [-0.2, 0) is 4.79 Å². The second-order valence-electron chi connectivity index (χ2n) is 3.43. The van der Waals surface area contributed by atoms with Crippen LogP contribution in [0.2, 0.25) is 0 Å². The lowest BCUT2D eigenvalue weighted by Gasteiger charge is -2.10. The van der Waals surface area contributed by atoms with Crippen molar-refractivity contribution in [2.45, 2.75) is 6.92 Å². The van der Waals surface area contributed by atoms with Gasteiger partial charge in [-0.15, -0.1) is 0 Å². The van der Waals surface area contributed by atoms with Gasteiger partial charge in [0, 0.05) is 6.08 Å². The Kier molecular flexibility index (Phi) is 5.92. The predicted molar refractivity (Wildman–Crippen MR) is 70.1 cm³/mol. The zero-order valence-electron chi connectivity index (χ0n) is 10.6. The predicted octanol–water partition coefficient (Wildman–Crippen LogP) is 0.991. The van der Waals surface area contributed by atoms with Crippen LogP contribution in [0.25, 0.3) is 6.08 Å². The highest BCUT2D eigenvalue weighted by Crippen LogP contribution is 2.28. The molecule has 100 valence electrons. The number of nitrogens with zero attached hydrogens (tertiary/aromatic N) is 1. The first-order valence-corrected chi connectivity index (χ1v) is 5.66. The van der Waals surface area contributed by atoms with Gasteiger partial charge < -0.3 is 9.47 Å². The van der Waals surface area contributed by atoms with E-state index in [4.69, 9.17) is 20.6 Å². The van der Waals surface area contributed by atoms with Crippen molar-refractivity contribution in [1.82, 2.24) is 5.43 Å². The quantitative estimate of drug-likeness (QED) is 0.344. The minimum Gasteiger partial charge on any atom is -0.490 e. The van der Waals surface area contributed by atoms with Gasteiger partial charge in [0.25, 0.3) is 5.91 Å². The molecular weight excluding hydrogens is 246 g/mol. The molecule has 0 saturated carbocycles. The molecule has 1 amide bonds. The highest BCUT2D eigenvalue weighted by atomic mass is 16.5. The van der Waals surface area contributed by atoms with Crippen molar-refractivity contribution < 1.29 is 14.3 Å². The summed E-state index contributed by atoms with van der Waals surface area (Å²) in [6.45, 7) is 2.27. The highest BCUT2D eigenvalue weighted by Gasteiger charge is 2.05. The van der Waals surface area contributed by atoms with E-state index in [1.807, 2.05) is 18.4 Å². The Balaban J connectivity index is 2.92. The van der Waals surface area contributed by atoms with Crippen LogP contribution in [-0.4, -0.2) is 19.1 Å². The number of amides is 1. The molecule has 0 radical (unpaired) electrons. The first kappa shape index (κ1) is 14.5. The fourth-order valence-electron chi connectivity index (χ4n) is 1.35. The zero-order chi connectivity index (χ0) is 14.1. The molecule has 19 heavy (non-hydrogen) atoms. The van der Waals surface area contributed by atoms with Crippen LogP contribution in [0.1, 0.15) is 12.5 Å². The molecule has 0 bridgehead atoms. The normalized spacial score (nSPS) is 9.95. The molecule has 0 aliphatic carbocycles. The van der Waals surface area contributed by atoms with E-state index >= 15 is 0 Å². The average molecular weight is 261 g/mol. The second kappa shape index (κ2) is 7.74. The van der Waals surface area contributed by atoms with E-state index in [1.165, 1.54) is 6.08 Å². The molecule has 1 aromatic rings. The minimum atomic E-state index is -0.400. The Labute approximate surface area is 111 Å². The van der Waals surface area contributed by atoms with E-state index in [2.05, 4.69) is 0 Å². The van der Waals surface area contributed by atoms with Gasteiger partial charge in [-0.25, -0.2) is 5.84 Å². The van der Waals surface area contributed by atoms with Crippen LogP contribution >= 0.6 is 0 Å². The first-order valence-electron chi connectivity index (χ1n) is 5.66. The van der Waals surface area contributed by atoms with E-state index in [0.29, 0.717) is 18.1 Å². The zero-order valence-corrected chi connectivity index (χ0v) is 10.6. The van der Waals surface area contributed by atoms with Crippen LogP contribution in [0.4, 0.5) is 0 Å². The molecule has 1 aromatic carbocycles. The Morgan fingerprint density at radius 2 is 2.26 bits per heavy atom. The maximum absolute atomic E-state index is 11.0. The molecule has 0 unspecified atom stereocenters. The molecule has 0 saturated heterocycles. The number of hydrazine groups is 1. The average Bonchev–Trinajstić information content (AvgIpc) is 2.44. The molecule has 6 nitrogen and oxygen atoms in total. The van der Waals surface area contributed by atoms with Crippen molar-refractivity contribution in [3.8, 4) is 17.6 Å². The summed E-state index contributed by atoms with van der Waals surface area (Å²) >= 11 is 0. The number of nitriles is 1. The van der Waals surface area contributed by atoms with Gasteiger partial charge >= 0.3 is 0 Å². The van der Waals surface area contributed by atoms with E-state index in [1.54, 1.807) is 24.3 Å². The molecule has 0 spiro atoms. The number of ether oxygens (including phenoxy) is 2. The Morgan fingerprint density at radius 1 is 1.47 bits per heavy atom. The molecule has 3 N–H and O–H groups in total. The highest BCUT2D eigenvalue weighted by molar-refractivity contribution is 5.91. The van der Waals surface area contributed by atoms with E-state index in [0.717, 1.165) is 5.56 Å². The van der Waals surface area contributed by atoms with Crippen molar-refractivity contribution in [2.24, 2.45) is 5.84 Å². The summed E-state index contributed by atoms with van der Waals surface area (Å²) in [5.41, 5.74) is 2.76. The number of rotatable bonds is 6. The molecule has 0 aliphatic heterocycles. The monoisotopic (exact) mass is 261 g/mol. The summed E-state index contributed by atoms with van der Waals surface area (Å²) in [4.78, 5) is 11.0. The van der Waals surface area contributed by atoms with E-state index in [-0.39, 0.29) is 6.61 Å². The number of hydrogen-bond donors (Lipinski definition) is 2. The van der Waals surface area contributed by atoms with E-state index in [9.17, 15) is 4.79 Å². The molecule has 0 aromatic heterocycles. The van der Waals surface area contributed by atoms with Gasteiger partial charge in [-0.1, -0.05) is 6.07 Å². The third kappa shape index (κ3) is 4.69. The smallest absolute Gasteiger partial charge is 0.257 e. The van der Waals surface area contributed by atoms with Crippen LogP contribution < -0.4 is 20.7 Å². The summed E-state index contributed by atoms with van der Waals surface area (Å²) in [5, 5.41) is 8.49. The summed E-state index contributed by atoms with van der Waals surface area (Å²) < 4.78 is 10.6. The topological polar surface area (TPSA) is 97.4 Å². The molecular formula is C13H15N3O3. The van der Waals surface area contributed by atoms with Gasteiger partial charge in [0.15, 0.2) is 18.1 Å². The number of hydrogen-bond acceptors (Lipinski definition) is 5. The summed E-state index contributed by atoms with van der Waals surface area (Å²) in [7, 11) is 0. The number of carbonyl (C=O) groups is 1. The summed E-state index contributed by atoms with van der Waals surface area (Å²) in [5.74, 6) is 5.58. The SMILES string of the molecule is CCOc1cc(/C=C/C(=O)NN)ccc1OCC#N. The summed E-state index contributed by atoms with van der Waals surface area (Å²) in [6.07, 6.45) is 2.90. The Morgan fingerprint density at radius 3 is 2.89 bits per heavy atom. The van der Waals surface area contributed by atoms with Gasteiger partial charge in [0.1, 0.15) is 6.07 Å². The lowest BCUT2D eigenvalue weighted by atomic mass is 10.2. The molecule has 0 atom stereocenters. The third-order valence-corrected chi connectivity index (χ3v) is 2.13. The van der Waals surface area contributed by atoms with Crippen LogP contribution in [0.3, 0.4) is 0 Å². The van der Waals surface area contributed by atoms with Gasteiger partial charge in [-0.2, -0.15) is 5.26 Å². The van der Waals surface area contributed by atoms with Gasteiger partial charge in [0.2, 0.25) is 0 Å². The first-order chi connectivity index (χ1) is 9.21. The number of carbonyl (C=O) groups excluding carboxylic acids is 1. The third-order valence-electron chi connectivity index (χ3n) is 2.13. The van der Waals surface area contributed by atoms with E-state index < -0.39 is 5.91 Å². The maximum atomic E-state index is 11.0. The Bertz CT molecular complexity index is 506. The maximum Gasteiger partial charge on any atom is 0.257 e. The largest absolute Gasteiger partial charge is 0.490 e. The summed E-state index contributed by atoms with van der Waals surface area (Å²) in [6, 6.07) is 7.04. The van der Waals surface area contributed by atoms with Crippen molar-refractivity contribution in [3.63, 3.8) is 0 Å². The lowest BCUT2D eigenvalue weighted by Crippen LogP contribution is -2.27. The van der Waals surface area contributed by atoms with Crippen LogP contribution in [0, 0.1) is 11.3 Å². The molecule has 0 aliphatic rings. The van der Waals surface area contributed by atoms with Gasteiger partial charge in [0.05, 0.1) is 6.61 Å². The standard InChI is InChI=1S/C13H15N3O3/c1-2-18-12-9-10(4-6-13(17)16-15)3-5-11(12)19-8-7-14/h3-6,9H,2,8,15H2,1H3,(H,16,17)/b6-4+.